The molecule has 8 heteroatoms. The number of benzene rings is 2. The Morgan fingerprint density at radius 2 is 1.78 bits per heavy atom. The number of aliphatic carboxylic acids is 1. The second-order valence-electron chi connectivity index (χ2n) is 8.95. The van der Waals surface area contributed by atoms with Crippen molar-refractivity contribution < 1.29 is 23.5 Å². The van der Waals surface area contributed by atoms with Crippen molar-refractivity contribution in [2.45, 2.75) is 50.4 Å². The number of carbonyl (C=O) groups is 2. The highest BCUT2D eigenvalue weighted by atomic mass is 35.5. The van der Waals surface area contributed by atoms with E-state index in [1.54, 1.807) is 42.5 Å². The number of nitrogens with one attached hydrogen (secondary N) is 1. The van der Waals surface area contributed by atoms with Gasteiger partial charge in [-0.15, -0.1) is 0 Å². The number of halogens is 4. The van der Waals surface area contributed by atoms with Crippen LogP contribution in [0.2, 0.25) is 10.0 Å². The van der Waals surface area contributed by atoms with Crippen LogP contribution in [0.1, 0.15) is 49.1 Å². The topological polar surface area (TPSA) is 66.4 Å². The van der Waals surface area contributed by atoms with Gasteiger partial charge in [0.1, 0.15) is 0 Å². The second-order valence-corrected chi connectivity index (χ2v) is 9.80. The number of carbonyl (C=O) groups excluding carboxylic acids is 1. The van der Waals surface area contributed by atoms with Gasteiger partial charge in [0.15, 0.2) is 0 Å². The average Bonchev–Trinajstić information content (AvgIpc) is 3.43. The molecule has 0 radical (unpaired) electrons. The van der Waals surface area contributed by atoms with Crippen LogP contribution in [0.3, 0.4) is 0 Å². The molecule has 1 amide bonds. The van der Waals surface area contributed by atoms with Gasteiger partial charge in [0.2, 0.25) is 11.8 Å². The van der Waals surface area contributed by atoms with Crippen molar-refractivity contribution in [3.63, 3.8) is 0 Å². The number of carboxylic acids is 1. The van der Waals surface area contributed by atoms with Crippen molar-refractivity contribution in [2.75, 3.05) is 5.32 Å². The van der Waals surface area contributed by atoms with Gasteiger partial charge in [-0.2, -0.15) is 0 Å². The van der Waals surface area contributed by atoms with E-state index in [9.17, 15) is 23.5 Å². The largest absolute Gasteiger partial charge is 0.481 e. The lowest BCUT2D eigenvalue weighted by molar-refractivity contribution is -0.143. The van der Waals surface area contributed by atoms with Gasteiger partial charge in [-0.05, 0) is 67.0 Å². The minimum atomic E-state index is -2.79. The normalized spacial score (nSPS) is 21.7. The highest BCUT2D eigenvalue weighted by molar-refractivity contribution is 6.33. The van der Waals surface area contributed by atoms with Crippen molar-refractivity contribution in [3.8, 4) is 0 Å². The fraction of sp³-hybridized carbons (Fsp3) is 0.417. The SMILES string of the molecule is O=C(Nc1cc(CC2(C(=O)O)CC2)ccc1Cl)C(c1ccc(Cl)cc1)C1CCC(F)(F)C1. The minimum Gasteiger partial charge on any atom is -0.481 e. The van der Waals surface area contributed by atoms with Crippen LogP contribution in [0.5, 0.6) is 0 Å². The maximum absolute atomic E-state index is 13.9. The number of hydrogen-bond acceptors (Lipinski definition) is 2. The minimum absolute atomic E-state index is 0.239. The summed E-state index contributed by atoms with van der Waals surface area (Å²) < 4.78 is 27.9. The van der Waals surface area contributed by atoms with Crippen LogP contribution in [0, 0.1) is 11.3 Å². The second kappa shape index (κ2) is 8.64. The molecule has 4 rings (SSSR count). The Bertz CT molecular complexity index is 1040. The van der Waals surface area contributed by atoms with Crippen LogP contribution >= 0.6 is 23.2 Å². The van der Waals surface area contributed by atoms with Crippen LogP contribution in [-0.2, 0) is 16.0 Å². The van der Waals surface area contributed by atoms with Gasteiger partial charge in [0, 0.05) is 17.9 Å². The third-order valence-electron chi connectivity index (χ3n) is 6.56. The summed E-state index contributed by atoms with van der Waals surface area (Å²) in [5.41, 5.74) is 0.958. The number of anilines is 1. The first-order valence-corrected chi connectivity index (χ1v) is 11.3. The molecule has 0 aromatic heterocycles. The van der Waals surface area contributed by atoms with Gasteiger partial charge in [-0.3, -0.25) is 9.59 Å². The molecule has 2 N–H and O–H groups in total. The zero-order chi connectivity index (χ0) is 23.1. The van der Waals surface area contributed by atoms with Crippen molar-refractivity contribution in [1.82, 2.24) is 0 Å². The van der Waals surface area contributed by atoms with Crippen LogP contribution in [0.25, 0.3) is 0 Å². The molecule has 0 heterocycles. The number of rotatable bonds is 7. The van der Waals surface area contributed by atoms with E-state index in [1.807, 2.05) is 0 Å². The molecule has 2 aromatic rings. The van der Waals surface area contributed by atoms with E-state index in [4.69, 9.17) is 23.2 Å². The van der Waals surface area contributed by atoms with Crippen molar-refractivity contribution in [3.05, 3.63) is 63.6 Å². The van der Waals surface area contributed by atoms with Crippen molar-refractivity contribution >= 4 is 40.8 Å². The monoisotopic (exact) mass is 481 g/mol. The maximum Gasteiger partial charge on any atom is 0.309 e. The first-order valence-electron chi connectivity index (χ1n) is 10.5. The standard InChI is InChI=1S/C24H23Cl2F2NO3/c25-17-4-2-15(3-5-17)20(16-7-8-24(27,28)13-16)21(30)29-19-11-14(1-6-18(19)26)12-23(9-10-23)22(31)32/h1-6,11,16,20H,7-10,12-13H2,(H,29,30)(H,31,32). The molecule has 2 aromatic carbocycles. The molecule has 170 valence electrons. The molecule has 2 fully saturated rings. The summed E-state index contributed by atoms with van der Waals surface area (Å²) in [5, 5.41) is 13.1. The molecule has 2 aliphatic carbocycles. The van der Waals surface area contributed by atoms with E-state index >= 15 is 0 Å². The Morgan fingerprint density at radius 1 is 1.09 bits per heavy atom. The van der Waals surface area contributed by atoms with Crippen molar-refractivity contribution in [2.24, 2.45) is 11.3 Å². The van der Waals surface area contributed by atoms with E-state index in [0.29, 0.717) is 40.6 Å². The molecule has 2 atom stereocenters. The summed E-state index contributed by atoms with van der Waals surface area (Å²) in [6, 6.07) is 11.7. The van der Waals surface area contributed by atoms with E-state index in [1.165, 1.54) is 0 Å². The summed E-state index contributed by atoms with van der Waals surface area (Å²) in [5.74, 6) is -5.34. The lowest BCUT2D eigenvalue weighted by Crippen LogP contribution is -2.27. The summed E-state index contributed by atoms with van der Waals surface area (Å²) in [6.45, 7) is 0. The molecule has 32 heavy (non-hydrogen) atoms. The molecule has 4 nitrogen and oxygen atoms in total. The fourth-order valence-corrected chi connectivity index (χ4v) is 4.86. The molecule has 0 saturated heterocycles. The predicted octanol–water partition coefficient (Wildman–Crippen LogP) is 6.56. The lowest BCUT2D eigenvalue weighted by atomic mass is 9.84. The van der Waals surface area contributed by atoms with E-state index in [2.05, 4.69) is 5.32 Å². The predicted molar refractivity (Wildman–Crippen MR) is 120 cm³/mol. The highest BCUT2D eigenvalue weighted by Gasteiger charge is 2.50. The van der Waals surface area contributed by atoms with Crippen LogP contribution in [0.4, 0.5) is 14.5 Å². The molecular formula is C24H23Cl2F2NO3. The van der Waals surface area contributed by atoms with Gasteiger partial charge in [0.25, 0.3) is 0 Å². The highest BCUT2D eigenvalue weighted by Crippen LogP contribution is 2.49. The van der Waals surface area contributed by atoms with Gasteiger partial charge in [0.05, 0.1) is 22.0 Å². The Balaban J connectivity index is 1.58. The first-order chi connectivity index (χ1) is 15.1. The summed E-state index contributed by atoms with van der Waals surface area (Å²) in [7, 11) is 0. The first kappa shape index (κ1) is 23.0. The van der Waals surface area contributed by atoms with Gasteiger partial charge < -0.3 is 10.4 Å². The van der Waals surface area contributed by atoms with Crippen LogP contribution in [0.15, 0.2) is 42.5 Å². The van der Waals surface area contributed by atoms with E-state index < -0.39 is 35.0 Å². The Morgan fingerprint density at radius 3 is 2.34 bits per heavy atom. The van der Waals surface area contributed by atoms with Gasteiger partial charge in [-0.25, -0.2) is 8.78 Å². The van der Waals surface area contributed by atoms with Crippen LogP contribution in [-0.4, -0.2) is 22.9 Å². The molecular weight excluding hydrogens is 459 g/mol. The average molecular weight is 482 g/mol. The molecule has 0 bridgehead atoms. The van der Waals surface area contributed by atoms with E-state index in [0.717, 1.165) is 5.56 Å². The van der Waals surface area contributed by atoms with Crippen molar-refractivity contribution in [1.29, 1.82) is 0 Å². The van der Waals surface area contributed by atoms with Gasteiger partial charge in [-0.1, -0.05) is 41.4 Å². The molecule has 0 aliphatic heterocycles. The summed E-state index contributed by atoms with van der Waals surface area (Å²) in [4.78, 5) is 24.8. The lowest BCUT2D eigenvalue weighted by Gasteiger charge is -2.24. The molecule has 2 unspecified atom stereocenters. The number of amides is 1. The fourth-order valence-electron chi connectivity index (χ4n) is 4.57. The number of alkyl halides is 2. The van der Waals surface area contributed by atoms with E-state index in [-0.39, 0.29) is 19.3 Å². The van der Waals surface area contributed by atoms with Crippen LogP contribution < -0.4 is 5.32 Å². The molecule has 2 saturated carbocycles. The molecule has 0 spiro atoms. The maximum atomic E-state index is 13.9. The quantitative estimate of drug-likeness (QED) is 0.470. The van der Waals surface area contributed by atoms with Gasteiger partial charge >= 0.3 is 5.97 Å². The number of hydrogen-bond donors (Lipinski definition) is 2. The third kappa shape index (κ3) is 4.91. The summed E-state index contributed by atoms with van der Waals surface area (Å²) >= 11 is 12.3. The smallest absolute Gasteiger partial charge is 0.309 e. The Labute approximate surface area is 194 Å². The number of carboxylic acid groups (broad SMARTS) is 1. The summed E-state index contributed by atoms with van der Waals surface area (Å²) in [6.07, 6.45) is 1.20. The Kier molecular flexibility index (Phi) is 6.21. The zero-order valence-corrected chi connectivity index (χ0v) is 18.7. The Hall–Kier alpha value is -2.18. The third-order valence-corrected chi connectivity index (χ3v) is 7.14. The zero-order valence-electron chi connectivity index (χ0n) is 17.2. The molecule has 2 aliphatic rings.